The van der Waals surface area contributed by atoms with Crippen LogP contribution >= 0.6 is 0 Å². The van der Waals surface area contributed by atoms with E-state index in [0.29, 0.717) is 5.92 Å². The summed E-state index contributed by atoms with van der Waals surface area (Å²) in [4.78, 5) is 20.4. The molecule has 0 spiro atoms. The smallest absolute Gasteiger partial charge is 0.272 e. The van der Waals surface area contributed by atoms with Gasteiger partial charge in [-0.2, -0.15) is 5.10 Å². The molecule has 1 N–H and O–H groups in total. The molecule has 0 saturated carbocycles. The summed E-state index contributed by atoms with van der Waals surface area (Å²) in [6.45, 7) is 6.35. The minimum absolute atomic E-state index is 0.00596. The monoisotopic (exact) mass is 318 g/mol. The molecule has 0 fully saturated rings. The number of nitrogens with zero attached hydrogens (tertiary/aromatic N) is 3. The van der Waals surface area contributed by atoms with Crippen molar-refractivity contribution in [3.63, 3.8) is 0 Å². The van der Waals surface area contributed by atoms with E-state index in [1.54, 1.807) is 6.21 Å². The van der Waals surface area contributed by atoms with E-state index in [1.807, 2.05) is 0 Å². The Balaban J connectivity index is 2.21. The van der Waals surface area contributed by atoms with E-state index in [1.165, 1.54) is 12.1 Å². The Bertz CT molecular complexity index is 709. The molecular formula is C15H18N4O4. The number of non-ortho nitro benzene ring substituents is 1. The molecular weight excluding hydrogens is 300 g/mol. The Kier molecular flexibility index (Phi) is 4.44. The molecule has 1 unspecified atom stereocenters. The molecule has 0 radical (unpaired) electrons. The van der Waals surface area contributed by atoms with Gasteiger partial charge in [-0.15, -0.1) is 0 Å². The van der Waals surface area contributed by atoms with Crippen LogP contribution in [0.15, 0.2) is 34.9 Å². The van der Waals surface area contributed by atoms with Gasteiger partial charge in [0.2, 0.25) is 0 Å². The van der Waals surface area contributed by atoms with Gasteiger partial charge < -0.3 is 0 Å². The minimum atomic E-state index is -0.675. The van der Waals surface area contributed by atoms with E-state index in [-0.39, 0.29) is 22.5 Å². The first kappa shape index (κ1) is 16.6. The van der Waals surface area contributed by atoms with Crippen LogP contribution in [0, 0.1) is 31.6 Å². The minimum Gasteiger partial charge on any atom is -0.272 e. The number of nitrogens with one attached hydrogen (secondary N) is 1. The van der Waals surface area contributed by atoms with Crippen molar-refractivity contribution in [1.29, 1.82) is 0 Å². The average Bonchev–Trinajstić information content (AvgIpc) is 2.71. The van der Waals surface area contributed by atoms with Crippen LogP contribution in [0.3, 0.4) is 0 Å². The lowest BCUT2D eigenvalue weighted by atomic mass is 9.85. The third kappa shape index (κ3) is 3.71. The third-order valence-corrected chi connectivity index (χ3v) is 3.86. The normalized spacial score (nSPS) is 19.6. The Hall–Kier alpha value is -2.77. The van der Waals surface area contributed by atoms with Crippen molar-refractivity contribution in [3.05, 3.63) is 50.1 Å². The average molecular weight is 318 g/mol. The standard InChI is InChI=1S/C15H18N4O4/c1-10-6-11(15(2,3)8-10)9-16-17-13-5-4-12(18(20)21)7-14(13)19(22)23/h4-7,9-10,17H,8H2,1-3H3/b16-9+. The van der Waals surface area contributed by atoms with Crippen molar-refractivity contribution in [2.45, 2.75) is 27.2 Å². The number of nitro groups is 2. The lowest BCUT2D eigenvalue weighted by Crippen LogP contribution is -2.12. The van der Waals surface area contributed by atoms with Gasteiger partial charge in [0, 0.05) is 6.07 Å². The summed E-state index contributed by atoms with van der Waals surface area (Å²) in [5.41, 5.74) is 3.06. The van der Waals surface area contributed by atoms with Crippen molar-refractivity contribution >= 4 is 23.3 Å². The predicted octanol–water partition coefficient (Wildman–Crippen LogP) is 3.89. The maximum Gasteiger partial charge on any atom is 0.301 e. The van der Waals surface area contributed by atoms with Gasteiger partial charge in [-0.25, -0.2) is 0 Å². The Labute approximate surface area is 133 Å². The molecule has 1 atom stereocenters. The molecule has 1 aromatic rings. The van der Waals surface area contributed by atoms with E-state index in [2.05, 4.69) is 37.4 Å². The number of rotatable bonds is 5. The maximum atomic E-state index is 11.0. The van der Waals surface area contributed by atoms with Gasteiger partial charge in [0.25, 0.3) is 5.69 Å². The zero-order valence-corrected chi connectivity index (χ0v) is 13.1. The number of benzene rings is 1. The second-order valence-electron chi connectivity index (χ2n) is 6.27. The van der Waals surface area contributed by atoms with Crippen molar-refractivity contribution < 1.29 is 9.85 Å². The Morgan fingerprint density at radius 3 is 2.52 bits per heavy atom. The second-order valence-corrected chi connectivity index (χ2v) is 6.27. The van der Waals surface area contributed by atoms with Gasteiger partial charge in [-0.05, 0) is 29.4 Å². The number of hydrogen-bond acceptors (Lipinski definition) is 6. The molecule has 0 aromatic heterocycles. The van der Waals surface area contributed by atoms with E-state index >= 15 is 0 Å². The van der Waals surface area contributed by atoms with Gasteiger partial charge in [0.1, 0.15) is 5.69 Å². The molecule has 1 aliphatic carbocycles. The molecule has 23 heavy (non-hydrogen) atoms. The summed E-state index contributed by atoms with van der Waals surface area (Å²) < 4.78 is 0. The summed E-state index contributed by atoms with van der Waals surface area (Å²) in [5.74, 6) is 0.458. The molecule has 0 amide bonds. The Morgan fingerprint density at radius 2 is 2.00 bits per heavy atom. The topological polar surface area (TPSA) is 111 Å². The fourth-order valence-corrected chi connectivity index (χ4v) is 2.78. The van der Waals surface area contributed by atoms with Crippen LogP contribution in [0.2, 0.25) is 0 Å². The molecule has 0 aliphatic heterocycles. The lowest BCUT2D eigenvalue weighted by Gasteiger charge is -2.20. The zero-order valence-electron chi connectivity index (χ0n) is 13.1. The van der Waals surface area contributed by atoms with Gasteiger partial charge >= 0.3 is 5.69 Å². The molecule has 8 nitrogen and oxygen atoms in total. The second kappa shape index (κ2) is 6.15. The van der Waals surface area contributed by atoms with Crippen molar-refractivity contribution in [2.75, 3.05) is 5.43 Å². The lowest BCUT2D eigenvalue weighted by molar-refractivity contribution is -0.393. The Morgan fingerprint density at radius 1 is 1.30 bits per heavy atom. The molecule has 0 bridgehead atoms. The summed E-state index contributed by atoms with van der Waals surface area (Å²) >= 11 is 0. The SMILES string of the molecule is CC1C=C(/C=N/Nc2ccc([N+](=O)[O-])cc2[N+](=O)[O-])C(C)(C)C1. The van der Waals surface area contributed by atoms with Crippen LogP contribution in [0.25, 0.3) is 0 Å². The molecule has 1 aliphatic rings. The molecule has 2 rings (SSSR count). The van der Waals surface area contributed by atoms with E-state index in [0.717, 1.165) is 18.1 Å². The number of anilines is 1. The number of nitro benzene ring substituents is 2. The van der Waals surface area contributed by atoms with Crippen molar-refractivity contribution in [1.82, 2.24) is 0 Å². The fraction of sp³-hybridized carbons (Fsp3) is 0.400. The highest BCUT2D eigenvalue weighted by Gasteiger charge is 2.30. The number of hydrogen-bond donors (Lipinski definition) is 1. The molecule has 1 aromatic carbocycles. The summed E-state index contributed by atoms with van der Waals surface area (Å²) in [6.07, 6.45) is 4.79. The van der Waals surface area contributed by atoms with Crippen LogP contribution in [0.5, 0.6) is 0 Å². The van der Waals surface area contributed by atoms with Gasteiger partial charge in [-0.3, -0.25) is 25.7 Å². The highest BCUT2D eigenvalue weighted by atomic mass is 16.6. The first-order chi connectivity index (χ1) is 10.7. The number of allylic oxidation sites excluding steroid dienone is 2. The summed E-state index contributed by atoms with van der Waals surface area (Å²) in [6, 6.07) is 3.40. The molecule has 8 heteroatoms. The summed E-state index contributed by atoms with van der Waals surface area (Å²) in [7, 11) is 0. The largest absolute Gasteiger partial charge is 0.301 e. The van der Waals surface area contributed by atoms with E-state index in [4.69, 9.17) is 0 Å². The molecule has 0 saturated heterocycles. The van der Waals surface area contributed by atoms with Crippen molar-refractivity contribution in [2.24, 2.45) is 16.4 Å². The molecule has 0 heterocycles. The third-order valence-electron chi connectivity index (χ3n) is 3.86. The highest BCUT2D eigenvalue weighted by molar-refractivity contribution is 5.82. The van der Waals surface area contributed by atoms with Crippen LogP contribution in [0.4, 0.5) is 17.1 Å². The van der Waals surface area contributed by atoms with Crippen LogP contribution in [-0.2, 0) is 0 Å². The van der Waals surface area contributed by atoms with Gasteiger partial charge in [0.15, 0.2) is 0 Å². The quantitative estimate of drug-likeness (QED) is 0.503. The van der Waals surface area contributed by atoms with E-state index < -0.39 is 9.85 Å². The first-order valence-electron chi connectivity index (χ1n) is 7.15. The van der Waals surface area contributed by atoms with Crippen molar-refractivity contribution in [3.8, 4) is 0 Å². The van der Waals surface area contributed by atoms with Gasteiger partial charge in [0.05, 0.1) is 22.1 Å². The number of hydrazone groups is 1. The highest BCUT2D eigenvalue weighted by Crippen LogP contribution is 2.40. The molecule has 122 valence electrons. The zero-order chi connectivity index (χ0) is 17.2. The predicted molar refractivity (Wildman–Crippen MR) is 87.5 cm³/mol. The van der Waals surface area contributed by atoms with Crippen LogP contribution < -0.4 is 5.43 Å². The maximum absolute atomic E-state index is 11.0. The van der Waals surface area contributed by atoms with E-state index in [9.17, 15) is 20.2 Å². The van der Waals surface area contributed by atoms with Crippen LogP contribution in [0.1, 0.15) is 27.2 Å². The van der Waals surface area contributed by atoms with Crippen LogP contribution in [-0.4, -0.2) is 16.1 Å². The van der Waals surface area contributed by atoms with Gasteiger partial charge in [-0.1, -0.05) is 26.8 Å². The fourth-order valence-electron chi connectivity index (χ4n) is 2.78. The first-order valence-corrected chi connectivity index (χ1v) is 7.15. The summed E-state index contributed by atoms with van der Waals surface area (Å²) in [5, 5.41) is 25.8.